The van der Waals surface area contributed by atoms with Crippen molar-refractivity contribution in [3.63, 3.8) is 0 Å². The van der Waals surface area contributed by atoms with Gasteiger partial charge in [-0.3, -0.25) is 4.79 Å². The van der Waals surface area contributed by atoms with Gasteiger partial charge in [0.05, 0.1) is 54.3 Å². The summed E-state index contributed by atoms with van der Waals surface area (Å²) in [6, 6.07) is 28.4. The van der Waals surface area contributed by atoms with E-state index in [4.69, 9.17) is 29.8 Å². The third kappa shape index (κ3) is 11.2. The molecule has 18 nitrogen and oxygen atoms in total. The summed E-state index contributed by atoms with van der Waals surface area (Å²) in [6.07, 6.45) is -0.860. The number of ether oxygens (including phenoxy) is 4. The van der Waals surface area contributed by atoms with Crippen LogP contribution in [-0.4, -0.2) is 97.6 Å². The lowest BCUT2D eigenvalue weighted by molar-refractivity contribution is 0.0531. The third-order valence-electron chi connectivity index (χ3n) is 10.2. The molecule has 2 aromatic heterocycles. The number of nitrogens with two attached hydrogens (primary N) is 1. The standard InChI is InChI=1S/C46H48N8O10S3/c1-46(2,3)64-45(56)48-24-25-66(57,58)38-23-22-35(36-8-7-9-37-40(36)49-44(65-37)42(47)55)39(43-50-52-54(51-43)28-31-14-20-34(63-6)21-15-31)41(38)67(59,60)53(26-29-10-16-32(61-4)17-11-29)27-30-12-18-33(62-5)19-13-30/h7-23H,24-28H2,1-6H3,(H2,47,55)(H,48,56). The summed E-state index contributed by atoms with van der Waals surface area (Å²) in [4.78, 5) is 29.6. The van der Waals surface area contributed by atoms with E-state index in [9.17, 15) is 18.0 Å². The van der Waals surface area contributed by atoms with Gasteiger partial charge in [-0.1, -0.05) is 54.6 Å². The van der Waals surface area contributed by atoms with E-state index >= 15 is 8.42 Å². The number of benzene rings is 5. The van der Waals surface area contributed by atoms with Crippen LogP contribution >= 0.6 is 11.3 Å². The van der Waals surface area contributed by atoms with Crippen molar-refractivity contribution in [3.8, 4) is 39.8 Å². The van der Waals surface area contributed by atoms with Crippen LogP contribution < -0.4 is 25.3 Å². The monoisotopic (exact) mass is 968 g/mol. The second-order valence-corrected chi connectivity index (χ2v) is 21.0. The molecule has 0 bridgehead atoms. The first kappa shape index (κ1) is 48.0. The number of amides is 2. The number of aromatic nitrogens is 5. The van der Waals surface area contributed by atoms with Crippen LogP contribution in [-0.2, 0) is 44.2 Å². The zero-order chi connectivity index (χ0) is 48.1. The molecule has 67 heavy (non-hydrogen) atoms. The van der Waals surface area contributed by atoms with Gasteiger partial charge in [-0.15, -0.1) is 21.5 Å². The first-order valence-corrected chi connectivity index (χ1v) is 24.5. The summed E-state index contributed by atoms with van der Waals surface area (Å²) in [6.45, 7) is 4.18. The number of nitrogens with zero attached hydrogens (tertiary/aromatic N) is 6. The van der Waals surface area contributed by atoms with Crippen LogP contribution in [0.1, 0.15) is 47.3 Å². The predicted molar refractivity (Wildman–Crippen MR) is 251 cm³/mol. The van der Waals surface area contributed by atoms with Crippen LogP contribution in [0.25, 0.3) is 32.7 Å². The smallest absolute Gasteiger partial charge is 0.407 e. The first-order chi connectivity index (χ1) is 31.9. The molecule has 0 spiro atoms. The van der Waals surface area contributed by atoms with Gasteiger partial charge in [0.25, 0.3) is 5.91 Å². The van der Waals surface area contributed by atoms with Crippen molar-refractivity contribution >= 4 is 53.4 Å². The molecule has 350 valence electrons. The Hall–Kier alpha value is -6.94. The quantitative estimate of drug-likeness (QED) is 0.0937. The number of carbonyl (C=O) groups is 2. The highest BCUT2D eigenvalue weighted by Gasteiger charge is 2.38. The van der Waals surface area contributed by atoms with Gasteiger partial charge in [0.15, 0.2) is 14.8 Å². The number of methoxy groups -OCH3 is 3. The number of tetrazole rings is 1. The fourth-order valence-corrected chi connectivity index (χ4v) is 11.5. The minimum atomic E-state index is -4.98. The predicted octanol–water partition coefficient (Wildman–Crippen LogP) is 6.48. The SMILES string of the molecule is COc1ccc(CN(Cc2ccc(OC)cc2)S(=O)(=O)c2c(S(=O)(=O)CCNC(=O)OC(C)(C)C)ccc(-c3cccc4sc(C(N)=O)nc34)c2-c2nnn(Cc3ccc(OC)cc3)n2)cc1. The fourth-order valence-electron chi connectivity index (χ4n) is 7.02. The molecule has 0 fully saturated rings. The Balaban J connectivity index is 1.49. The lowest BCUT2D eigenvalue weighted by atomic mass is 9.98. The topological polar surface area (TPSA) is 237 Å². The van der Waals surface area contributed by atoms with Gasteiger partial charge in [-0.05, 0) is 96.8 Å². The number of para-hydroxylation sites is 1. The van der Waals surface area contributed by atoms with Gasteiger partial charge in [-0.2, -0.15) is 9.10 Å². The number of rotatable bonds is 18. The van der Waals surface area contributed by atoms with Gasteiger partial charge in [0.1, 0.15) is 27.7 Å². The summed E-state index contributed by atoms with van der Waals surface area (Å²) in [5, 5.41) is 15.9. The van der Waals surface area contributed by atoms with E-state index in [-0.39, 0.29) is 41.6 Å². The average Bonchev–Trinajstić information content (AvgIpc) is 3.96. The molecule has 2 heterocycles. The fraction of sp³-hybridized carbons (Fsp3) is 0.261. The minimum Gasteiger partial charge on any atom is -0.497 e. The number of nitrogens with one attached hydrogen (secondary N) is 1. The Morgan fingerprint density at radius 3 is 1.87 bits per heavy atom. The first-order valence-electron chi connectivity index (χ1n) is 20.6. The van der Waals surface area contributed by atoms with Crippen molar-refractivity contribution in [2.24, 2.45) is 5.73 Å². The summed E-state index contributed by atoms with van der Waals surface area (Å²) in [5.41, 5.74) is 7.23. The molecule has 21 heteroatoms. The molecule has 0 aliphatic carbocycles. The zero-order valence-corrected chi connectivity index (χ0v) is 39.9. The van der Waals surface area contributed by atoms with Crippen molar-refractivity contribution in [1.29, 1.82) is 0 Å². The van der Waals surface area contributed by atoms with Crippen LogP contribution in [0, 0.1) is 0 Å². The number of sulfonamides is 1. The molecule has 2 amide bonds. The number of alkyl carbamates (subject to hydrolysis) is 1. The number of sulfone groups is 1. The number of fused-ring (bicyclic) bond motifs is 1. The van der Waals surface area contributed by atoms with Gasteiger partial charge < -0.3 is 30.0 Å². The van der Waals surface area contributed by atoms with Gasteiger partial charge >= 0.3 is 6.09 Å². The van der Waals surface area contributed by atoms with Gasteiger partial charge in [0, 0.05) is 25.2 Å². The van der Waals surface area contributed by atoms with E-state index in [1.54, 1.807) is 119 Å². The lowest BCUT2D eigenvalue weighted by Gasteiger charge is -2.26. The number of primary amides is 1. The molecule has 0 unspecified atom stereocenters. The van der Waals surface area contributed by atoms with E-state index in [1.165, 1.54) is 31.1 Å². The van der Waals surface area contributed by atoms with Crippen LogP contribution in [0.4, 0.5) is 4.79 Å². The highest BCUT2D eigenvalue weighted by Crippen LogP contribution is 2.44. The van der Waals surface area contributed by atoms with Crippen LogP contribution in [0.15, 0.2) is 113 Å². The molecule has 7 rings (SSSR count). The number of hydrogen-bond donors (Lipinski definition) is 2. The summed E-state index contributed by atoms with van der Waals surface area (Å²) < 4.78 is 84.8. The summed E-state index contributed by atoms with van der Waals surface area (Å²) in [5.74, 6) is -0.0343. The zero-order valence-electron chi connectivity index (χ0n) is 37.4. The van der Waals surface area contributed by atoms with E-state index in [2.05, 4.69) is 20.6 Å². The molecular weight excluding hydrogens is 921 g/mol. The highest BCUT2D eigenvalue weighted by atomic mass is 32.2. The van der Waals surface area contributed by atoms with Crippen molar-refractivity contribution in [1.82, 2.24) is 34.8 Å². The number of thiazole rings is 1. The molecule has 0 saturated carbocycles. The van der Waals surface area contributed by atoms with E-state index in [0.717, 1.165) is 21.2 Å². The molecule has 0 aliphatic heterocycles. The molecule has 0 aliphatic rings. The van der Waals surface area contributed by atoms with Crippen molar-refractivity contribution in [2.45, 2.75) is 55.8 Å². The molecule has 0 radical (unpaired) electrons. The van der Waals surface area contributed by atoms with Crippen LogP contribution in [0.5, 0.6) is 17.2 Å². The van der Waals surface area contributed by atoms with Crippen LogP contribution in [0.2, 0.25) is 0 Å². The summed E-state index contributed by atoms with van der Waals surface area (Å²) in [7, 11) is -5.03. The minimum absolute atomic E-state index is 0.00208. The number of carbonyl (C=O) groups excluding carboxylic acids is 2. The van der Waals surface area contributed by atoms with Gasteiger partial charge in [-0.25, -0.2) is 26.6 Å². The molecule has 3 N–H and O–H groups in total. The second-order valence-electron chi connectivity index (χ2n) is 16.1. The van der Waals surface area contributed by atoms with Crippen molar-refractivity contribution < 1.29 is 45.4 Å². The molecule has 5 aromatic carbocycles. The Morgan fingerprint density at radius 2 is 1.33 bits per heavy atom. The van der Waals surface area contributed by atoms with E-state index in [0.29, 0.717) is 44.2 Å². The Morgan fingerprint density at radius 1 is 0.761 bits per heavy atom. The van der Waals surface area contributed by atoms with Gasteiger partial charge in [0.2, 0.25) is 15.8 Å². The molecule has 0 saturated heterocycles. The normalized spacial score (nSPS) is 12.0. The highest BCUT2D eigenvalue weighted by molar-refractivity contribution is 7.93. The second kappa shape index (κ2) is 19.9. The van der Waals surface area contributed by atoms with Crippen molar-refractivity contribution in [3.05, 3.63) is 125 Å². The third-order valence-corrected chi connectivity index (χ3v) is 15.0. The maximum absolute atomic E-state index is 16.0. The molecule has 0 atom stereocenters. The Labute approximate surface area is 391 Å². The van der Waals surface area contributed by atoms with E-state index in [1.807, 2.05) is 0 Å². The molecule has 7 aromatic rings. The largest absolute Gasteiger partial charge is 0.497 e. The lowest BCUT2D eigenvalue weighted by Crippen LogP contribution is -2.35. The summed E-state index contributed by atoms with van der Waals surface area (Å²) >= 11 is 1.04. The van der Waals surface area contributed by atoms with Crippen molar-refractivity contribution in [2.75, 3.05) is 33.6 Å². The number of hydrogen-bond acceptors (Lipinski definition) is 15. The molecular formula is C46H48N8O10S3. The Bertz CT molecular complexity index is 3080. The van der Waals surface area contributed by atoms with Crippen LogP contribution in [0.3, 0.4) is 0 Å². The maximum atomic E-state index is 16.0. The Kier molecular flexibility index (Phi) is 14.2. The average molecular weight is 969 g/mol. The van der Waals surface area contributed by atoms with E-state index < -0.39 is 59.6 Å². The maximum Gasteiger partial charge on any atom is 0.407 e.